The number of benzene rings is 2. The zero-order valence-corrected chi connectivity index (χ0v) is 14.3. The van der Waals surface area contributed by atoms with Crippen molar-refractivity contribution in [3.63, 3.8) is 0 Å². The second kappa shape index (κ2) is 8.36. The first-order valence-electron chi connectivity index (χ1n) is 7.99. The zero-order valence-electron chi connectivity index (χ0n) is 14.3. The predicted molar refractivity (Wildman–Crippen MR) is 95.2 cm³/mol. The molecule has 0 aliphatic rings. The molecule has 0 bridgehead atoms. The molecule has 0 atom stereocenters. The van der Waals surface area contributed by atoms with Gasteiger partial charge in [0.05, 0.1) is 12.7 Å². The fraction of sp³-hybridized carbons (Fsp3) is 0.316. The molecule has 128 valence electrons. The Balaban J connectivity index is 1.95. The minimum atomic E-state index is -0.289. The number of hydrogen-bond acceptors (Lipinski definition) is 3. The van der Waals surface area contributed by atoms with Gasteiger partial charge in [-0.05, 0) is 55.7 Å². The van der Waals surface area contributed by atoms with Gasteiger partial charge in [-0.2, -0.15) is 0 Å². The minimum Gasteiger partial charge on any atom is -0.491 e. The van der Waals surface area contributed by atoms with E-state index in [9.17, 15) is 9.90 Å². The summed E-state index contributed by atoms with van der Waals surface area (Å²) in [4.78, 5) is 12.1. The summed E-state index contributed by atoms with van der Waals surface area (Å²) in [7, 11) is 0. The number of hydrogen-bond donors (Lipinski definition) is 3. The van der Waals surface area contributed by atoms with E-state index in [0.717, 1.165) is 28.1 Å². The average molecular weight is 328 g/mol. The van der Waals surface area contributed by atoms with Gasteiger partial charge in [0.1, 0.15) is 5.75 Å². The van der Waals surface area contributed by atoms with E-state index >= 15 is 0 Å². The highest BCUT2D eigenvalue weighted by Gasteiger charge is 2.07. The maximum absolute atomic E-state index is 12.1. The first kappa shape index (κ1) is 17.8. The van der Waals surface area contributed by atoms with Gasteiger partial charge >= 0.3 is 6.03 Å². The fourth-order valence-electron chi connectivity index (χ4n) is 2.35. The van der Waals surface area contributed by atoms with E-state index in [1.165, 1.54) is 0 Å². The van der Waals surface area contributed by atoms with Crippen LogP contribution in [0.1, 0.15) is 30.5 Å². The van der Waals surface area contributed by atoms with Crippen LogP contribution >= 0.6 is 0 Å². The molecule has 0 saturated heterocycles. The summed E-state index contributed by atoms with van der Waals surface area (Å²) < 4.78 is 5.63. The summed E-state index contributed by atoms with van der Waals surface area (Å²) in [6, 6.07) is 12.7. The van der Waals surface area contributed by atoms with E-state index in [1.54, 1.807) is 0 Å². The van der Waals surface area contributed by atoms with Crippen LogP contribution in [0.3, 0.4) is 0 Å². The Morgan fingerprint density at radius 3 is 2.50 bits per heavy atom. The van der Waals surface area contributed by atoms with Crippen LogP contribution in [-0.2, 0) is 13.2 Å². The van der Waals surface area contributed by atoms with Gasteiger partial charge in [0.25, 0.3) is 0 Å². The topological polar surface area (TPSA) is 70.6 Å². The number of anilines is 1. The molecule has 0 radical (unpaired) electrons. The molecule has 0 fully saturated rings. The second-order valence-corrected chi connectivity index (χ2v) is 5.88. The fourth-order valence-corrected chi connectivity index (χ4v) is 2.35. The molecule has 0 aliphatic heterocycles. The molecule has 0 unspecified atom stereocenters. The number of aryl methyl sites for hydroxylation is 1. The van der Waals surface area contributed by atoms with E-state index in [4.69, 9.17) is 4.74 Å². The zero-order chi connectivity index (χ0) is 17.5. The summed E-state index contributed by atoms with van der Waals surface area (Å²) in [5, 5.41) is 14.9. The molecule has 2 rings (SSSR count). The Bertz CT molecular complexity index is 699. The van der Waals surface area contributed by atoms with Gasteiger partial charge in [-0.1, -0.05) is 24.3 Å². The lowest BCUT2D eigenvalue weighted by Gasteiger charge is -2.14. The number of urea groups is 1. The number of carbonyl (C=O) groups is 1. The monoisotopic (exact) mass is 328 g/mol. The molecule has 2 aromatic carbocycles. The first-order chi connectivity index (χ1) is 11.5. The number of ether oxygens (including phenoxy) is 1. The number of nitrogens with one attached hydrogen (secondary N) is 2. The van der Waals surface area contributed by atoms with Gasteiger partial charge in [0.15, 0.2) is 0 Å². The highest BCUT2D eigenvalue weighted by Crippen LogP contribution is 2.22. The molecule has 0 aromatic heterocycles. The van der Waals surface area contributed by atoms with Crippen LogP contribution in [0.15, 0.2) is 42.5 Å². The van der Waals surface area contributed by atoms with Crippen molar-refractivity contribution in [3.8, 4) is 5.75 Å². The largest absolute Gasteiger partial charge is 0.491 e. The Morgan fingerprint density at radius 2 is 1.88 bits per heavy atom. The Labute approximate surface area is 142 Å². The maximum Gasteiger partial charge on any atom is 0.319 e. The summed E-state index contributed by atoms with van der Waals surface area (Å²) in [5.41, 5.74) is 3.37. The lowest BCUT2D eigenvalue weighted by molar-refractivity contribution is 0.242. The van der Waals surface area contributed by atoms with E-state index in [1.807, 2.05) is 63.2 Å². The molecule has 5 heteroatoms. The van der Waals surface area contributed by atoms with Crippen molar-refractivity contribution in [1.82, 2.24) is 5.32 Å². The molecule has 0 saturated carbocycles. The number of carbonyl (C=O) groups excluding carboxylic acids is 1. The number of amides is 2. The van der Waals surface area contributed by atoms with E-state index in [0.29, 0.717) is 6.54 Å². The van der Waals surface area contributed by atoms with Crippen LogP contribution in [0.25, 0.3) is 0 Å². The summed E-state index contributed by atoms with van der Waals surface area (Å²) in [5.74, 6) is 0.783. The molecular weight excluding hydrogens is 304 g/mol. The lowest BCUT2D eigenvalue weighted by Crippen LogP contribution is -2.28. The third kappa shape index (κ3) is 4.99. The quantitative estimate of drug-likeness (QED) is 0.759. The van der Waals surface area contributed by atoms with E-state index in [-0.39, 0.29) is 18.7 Å². The van der Waals surface area contributed by atoms with E-state index in [2.05, 4.69) is 10.6 Å². The summed E-state index contributed by atoms with van der Waals surface area (Å²) in [6.07, 6.45) is 0.109. The standard InChI is InChI=1S/C19H24N2O3/c1-13(2)24-17-8-9-18(14(3)10-17)21-19(23)20-11-15-6-4-5-7-16(15)12-22/h4-10,13,22H,11-12H2,1-3H3,(H2,20,21,23). The first-order valence-corrected chi connectivity index (χ1v) is 7.99. The highest BCUT2D eigenvalue weighted by atomic mass is 16.5. The van der Waals surface area contributed by atoms with Crippen LogP contribution in [-0.4, -0.2) is 17.2 Å². The number of rotatable bonds is 6. The van der Waals surface area contributed by atoms with Crippen LogP contribution in [0.4, 0.5) is 10.5 Å². The Kier molecular flexibility index (Phi) is 6.21. The third-order valence-corrected chi connectivity index (χ3v) is 3.55. The summed E-state index contributed by atoms with van der Waals surface area (Å²) >= 11 is 0. The van der Waals surface area contributed by atoms with Crippen molar-refractivity contribution in [2.75, 3.05) is 5.32 Å². The molecule has 24 heavy (non-hydrogen) atoms. The lowest BCUT2D eigenvalue weighted by atomic mass is 10.1. The van der Waals surface area contributed by atoms with Crippen molar-refractivity contribution in [2.45, 2.75) is 40.0 Å². The number of aliphatic hydroxyl groups excluding tert-OH is 1. The van der Waals surface area contributed by atoms with Gasteiger partial charge in [0, 0.05) is 12.2 Å². The third-order valence-electron chi connectivity index (χ3n) is 3.55. The van der Waals surface area contributed by atoms with Crippen molar-refractivity contribution in [2.24, 2.45) is 0 Å². The molecule has 3 N–H and O–H groups in total. The van der Waals surface area contributed by atoms with Gasteiger partial charge in [0.2, 0.25) is 0 Å². The predicted octanol–water partition coefficient (Wildman–Crippen LogP) is 3.60. The van der Waals surface area contributed by atoms with Crippen LogP contribution in [0, 0.1) is 6.92 Å². The normalized spacial score (nSPS) is 10.5. The highest BCUT2D eigenvalue weighted by molar-refractivity contribution is 5.90. The molecule has 2 amide bonds. The average Bonchev–Trinajstić information content (AvgIpc) is 2.55. The summed E-state index contributed by atoms with van der Waals surface area (Å²) in [6.45, 7) is 6.17. The SMILES string of the molecule is Cc1cc(OC(C)C)ccc1NC(=O)NCc1ccccc1CO. The van der Waals surface area contributed by atoms with Crippen molar-refractivity contribution >= 4 is 11.7 Å². The molecule has 0 heterocycles. The van der Waals surface area contributed by atoms with Gasteiger partial charge < -0.3 is 20.5 Å². The van der Waals surface area contributed by atoms with Crippen molar-refractivity contribution in [1.29, 1.82) is 0 Å². The van der Waals surface area contributed by atoms with Crippen LogP contribution in [0.2, 0.25) is 0 Å². The molecular formula is C19H24N2O3. The van der Waals surface area contributed by atoms with Crippen molar-refractivity contribution < 1.29 is 14.6 Å². The van der Waals surface area contributed by atoms with Crippen LogP contribution < -0.4 is 15.4 Å². The van der Waals surface area contributed by atoms with E-state index < -0.39 is 0 Å². The van der Waals surface area contributed by atoms with Crippen LogP contribution in [0.5, 0.6) is 5.75 Å². The Hall–Kier alpha value is -2.53. The molecule has 2 aromatic rings. The van der Waals surface area contributed by atoms with Gasteiger partial charge in [-0.25, -0.2) is 4.79 Å². The second-order valence-electron chi connectivity index (χ2n) is 5.88. The van der Waals surface area contributed by atoms with Gasteiger partial charge in [-0.15, -0.1) is 0 Å². The Morgan fingerprint density at radius 1 is 1.17 bits per heavy atom. The van der Waals surface area contributed by atoms with Crippen molar-refractivity contribution in [3.05, 3.63) is 59.2 Å². The smallest absolute Gasteiger partial charge is 0.319 e. The molecule has 0 aliphatic carbocycles. The minimum absolute atomic E-state index is 0.0457. The number of aliphatic hydroxyl groups is 1. The van der Waals surface area contributed by atoms with Gasteiger partial charge in [-0.3, -0.25) is 0 Å². The maximum atomic E-state index is 12.1. The molecule has 0 spiro atoms. The molecule has 5 nitrogen and oxygen atoms in total.